The number of phenolic OH excluding ortho intramolecular Hbond substituents is 1. The summed E-state index contributed by atoms with van der Waals surface area (Å²) >= 11 is 6.65. The highest BCUT2D eigenvalue weighted by atomic mass is 79.9. The smallest absolute Gasteiger partial charge is 0.490 e. The van der Waals surface area contributed by atoms with E-state index in [2.05, 4.69) is 42.2 Å². The molecule has 15 heteroatoms. The van der Waals surface area contributed by atoms with Crippen LogP contribution in [-0.4, -0.2) is 59.3 Å². The molecule has 2 aliphatic rings. The number of Topliss-reactive ketones (excluding diaryl/α,β-unsaturated/α-hetero) is 1. The van der Waals surface area contributed by atoms with Gasteiger partial charge in [-0.25, -0.2) is 17.2 Å². The van der Waals surface area contributed by atoms with Gasteiger partial charge in [0.1, 0.15) is 11.4 Å². The second-order valence-electron chi connectivity index (χ2n) is 9.28. The van der Waals surface area contributed by atoms with E-state index in [9.17, 15) is 31.5 Å². The van der Waals surface area contributed by atoms with Gasteiger partial charge in [0.2, 0.25) is 5.78 Å². The lowest BCUT2D eigenvalue weighted by molar-refractivity contribution is -0.192. The number of hydrogen-bond acceptors (Lipinski definition) is 7. The van der Waals surface area contributed by atoms with Crippen LogP contribution in [0.15, 0.2) is 73.2 Å². The molecule has 1 aliphatic carbocycles. The molecule has 2 aromatic carbocycles. The van der Waals surface area contributed by atoms with Crippen LogP contribution in [0, 0.1) is 6.92 Å². The molecule has 0 atom stereocenters. The monoisotopic (exact) mass is 731 g/mol. The van der Waals surface area contributed by atoms with Gasteiger partial charge in [-0.05, 0) is 93.1 Å². The second-order valence-corrected chi connectivity index (χ2v) is 12.8. The molecule has 0 fully saturated rings. The van der Waals surface area contributed by atoms with Crippen molar-refractivity contribution in [1.29, 1.82) is 0 Å². The molecule has 0 saturated heterocycles. The second kappa shape index (κ2) is 12.1. The van der Waals surface area contributed by atoms with Gasteiger partial charge < -0.3 is 15.5 Å². The first-order valence-electron chi connectivity index (χ1n) is 12.2. The quantitative estimate of drug-likeness (QED) is 0.319. The average molecular weight is 733 g/mol. The minimum atomic E-state index is -5.08. The topological polar surface area (TPSA) is 138 Å². The summed E-state index contributed by atoms with van der Waals surface area (Å²) in [5.41, 5.74) is 4.36. The molecular formula is C27H22Br2F3N3O6S. The summed E-state index contributed by atoms with van der Waals surface area (Å²) in [5, 5.41) is 20.2. The van der Waals surface area contributed by atoms with Gasteiger partial charge in [-0.2, -0.15) is 13.2 Å². The summed E-state index contributed by atoms with van der Waals surface area (Å²) in [6, 6.07) is 10.2. The normalized spacial score (nSPS) is 14.3. The number of alkyl halides is 3. The number of benzene rings is 2. The Bertz CT molecular complexity index is 1720. The van der Waals surface area contributed by atoms with E-state index in [0.717, 1.165) is 20.7 Å². The fourth-order valence-corrected chi connectivity index (χ4v) is 6.96. The molecule has 2 heterocycles. The van der Waals surface area contributed by atoms with Crippen LogP contribution < -0.4 is 5.32 Å². The van der Waals surface area contributed by atoms with Crippen molar-refractivity contribution in [3.63, 3.8) is 0 Å². The van der Waals surface area contributed by atoms with Crippen molar-refractivity contribution in [2.24, 2.45) is 4.99 Å². The molecule has 9 nitrogen and oxygen atoms in total. The van der Waals surface area contributed by atoms with Crippen molar-refractivity contribution >= 4 is 59.3 Å². The Balaban J connectivity index is 0.000000517. The van der Waals surface area contributed by atoms with Crippen molar-refractivity contribution < 1.29 is 41.4 Å². The van der Waals surface area contributed by atoms with Crippen molar-refractivity contribution in [2.75, 3.05) is 13.1 Å². The number of nitrogens with zero attached hydrogens (tertiary/aromatic N) is 2. The van der Waals surface area contributed by atoms with Crippen molar-refractivity contribution in [1.82, 2.24) is 9.29 Å². The Labute approximate surface area is 255 Å². The van der Waals surface area contributed by atoms with E-state index in [1.165, 1.54) is 0 Å². The van der Waals surface area contributed by atoms with Gasteiger partial charge in [-0.1, -0.05) is 17.7 Å². The van der Waals surface area contributed by atoms with E-state index in [-0.39, 0.29) is 22.1 Å². The summed E-state index contributed by atoms with van der Waals surface area (Å²) in [6.07, 6.45) is -0.653. The van der Waals surface area contributed by atoms with E-state index < -0.39 is 22.2 Å². The lowest BCUT2D eigenvalue weighted by Crippen LogP contribution is -2.32. The number of allylic oxidation sites excluding steroid dienone is 2. The van der Waals surface area contributed by atoms with Gasteiger partial charge in [0.15, 0.2) is 0 Å². The summed E-state index contributed by atoms with van der Waals surface area (Å²) < 4.78 is 61.0. The number of carboxylic acids is 1. The predicted molar refractivity (Wildman–Crippen MR) is 155 cm³/mol. The molecule has 3 N–H and O–H groups in total. The Morgan fingerprint density at radius 3 is 2.31 bits per heavy atom. The molecule has 0 spiro atoms. The zero-order valence-electron chi connectivity index (χ0n) is 21.7. The number of aliphatic imine (C=N–C) groups is 1. The van der Waals surface area contributed by atoms with Crippen LogP contribution in [0.3, 0.4) is 0 Å². The average Bonchev–Trinajstić information content (AvgIpc) is 3.32. The summed E-state index contributed by atoms with van der Waals surface area (Å²) in [4.78, 5) is 27.1. The fourth-order valence-electron chi connectivity index (χ4n) is 4.29. The number of halogens is 5. The highest BCUT2D eigenvalue weighted by Crippen LogP contribution is 2.34. The van der Waals surface area contributed by atoms with Crippen LogP contribution in [0.4, 0.5) is 13.2 Å². The molecule has 0 amide bonds. The first-order chi connectivity index (χ1) is 19.6. The zero-order valence-corrected chi connectivity index (χ0v) is 25.7. The summed E-state index contributed by atoms with van der Waals surface area (Å²) in [5.74, 6) is -3.01. The number of carbonyl (C=O) groups is 2. The van der Waals surface area contributed by atoms with Crippen molar-refractivity contribution in [3.05, 3.63) is 91.3 Å². The third-order valence-corrected chi connectivity index (χ3v) is 9.22. The van der Waals surface area contributed by atoms with Crippen LogP contribution in [0.25, 0.3) is 0 Å². The minimum absolute atomic E-state index is 0.124. The standard InChI is InChI=1S/C25H21Br2N3O4S.C2HF3O2/c1-14-2-4-17(5-3-14)35(33,34)30-13-16-7-9-28-20-12-21(25(32)23(30)22(16)20)29-8-6-15-10-18(26)24(31)19(27)11-15;3-2(4,5)1(6)7/h2-5,10-13,29,31H,6-9H2,1H3;(H,6,7). The lowest BCUT2D eigenvalue weighted by atomic mass is 9.92. The number of rotatable bonds is 6. The molecule has 0 saturated carbocycles. The molecule has 3 aromatic rings. The molecule has 42 heavy (non-hydrogen) atoms. The van der Waals surface area contributed by atoms with Crippen molar-refractivity contribution in [2.45, 2.75) is 30.8 Å². The van der Waals surface area contributed by atoms with Gasteiger partial charge in [0.25, 0.3) is 10.0 Å². The van der Waals surface area contributed by atoms with Gasteiger partial charge in [-0.3, -0.25) is 9.79 Å². The van der Waals surface area contributed by atoms with E-state index in [1.54, 1.807) is 36.5 Å². The molecular weight excluding hydrogens is 711 g/mol. The van der Waals surface area contributed by atoms with E-state index in [0.29, 0.717) is 51.8 Å². The number of ketones is 1. The molecule has 1 aromatic heterocycles. The summed E-state index contributed by atoms with van der Waals surface area (Å²) in [7, 11) is -3.96. The number of aromatic nitrogens is 1. The molecule has 5 rings (SSSR count). The molecule has 0 radical (unpaired) electrons. The maximum absolute atomic E-state index is 13.5. The highest BCUT2D eigenvalue weighted by Gasteiger charge is 2.38. The largest absolute Gasteiger partial charge is 0.506 e. The van der Waals surface area contributed by atoms with Crippen LogP contribution in [0.2, 0.25) is 0 Å². The van der Waals surface area contributed by atoms with E-state index in [1.807, 2.05) is 19.1 Å². The number of aryl methyl sites for hydroxylation is 1. The third kappa shape index (κ3) is 6.47. The third-order valence-electron chi connectivity index (χ3n) is 6.34. The molecule has 0 bridgehead atoms. The molecule has 0 unspecified atom stereocenters. The molecule has 1 aliphatic heterocycles. The van der Waals surface area contributed by atoms with Crippen molar-refractivity contribution in [3.8, 4) is 5.75 Å². The van der Waals surface area contributed by atoms with Crippen LogP contribution >= 0.6 is 31.9 Å². The molecule has 222 valence electrons. The maximum Gasteiger partial charge on any atom is 0.490 e. The van der Waals surface area contributed by atoms with Gasteiger partial charge in [0, 0.05) is 24.8 Å². The van der Waals surface area contributed by atoms with Crippen LogP contribution in [0.1, 0.15) is 32.7 Å². The van der Waals surface area contributed by atoms with E-state index in [4.69, 9.17) is 9.90 Å². The minimum Gasteiger partial charge on any atom is -0.506 e. The predicted octanol–water partition coefficient (Wildman–Crippen LogP) is 5.16. The number of nitrogens with one attached hydrogen (secondary N) is 1. The number of aromatic hydroxyl groups is 1. The first-order valence-corrected chi connectivity index (χ1v) is 15.2. The van der Waals surface area contributed by atoms with Gasteiger partial charge in [0.05, 0.1) is 25.2 Å². The summed E-state index contributed by atoms with van der Waals surface area (Å²) in [6.45, 7) is 2.85. The Hall–Kier alpha value is -3.43. The Morgan fingerprint density at radius 2 is 1.74 bits per heavy atom. The number of carbonyl (C=O) groups excluding carboxylic acids is 1. The Morgan fingerprint density at radius 1 is 1.14 bits per heavy atom. The number of carboxylic acid groups (broad SMARTS) is 1. The Kier molecular flexibility index (Phi) is 9.04. The zero-order chi connectivity index (χ0) is 31.0. The SMILES string of the molecule is Cc1ccc(S(=O)(=O)n2cc3c4c2C(=O)C(NCCc2cc(Br)c(O)c(Br)c2)=CC4=NCC3)cc1.O=C(O)C(F)(F)F. The maximum atomic E-state index is 13.5. The van der Waals surface area contributed by atoms with Crippen LogP contribution in [0.5, 0.6) is 5.75 Å². The lowest BCUT2D eigenvalue weighted by Gasteiger charge is -2.21. The number of phenols is 1. The first kappa shape index (κ1) is 31.5. The van der Waals surface area contributed by atoms with Gasteiger partial charge >= 0.3 is 12.1 Å². The number of aliphatic carboxylic acids is 1. The highest BCUT2D eigenvalue weighted by molar-refractivity contribution is 9.11. The fraction of sp³-hybridized carbons (Fsp3) is 0.222. The van der Waals surface area contributed by atoms with E-state index >= 15 is 0 Å². The van der Waals surface area contributed by atoms with Crippen LogP contribution in [-0.2, 0) is 27.7 Å². The van der Waals surface area contributed by atoms with Gasteiger partial charge in [-0.15, -0.1) is 0 Å². The number of hydrogen-bond donors (Lipinski definition) is 3.